The van der Waals surface area contributed by atoms with Gasteiger partial charge < -0.3 is 19.6 Å². The molecule has 27 heavy (non-hydrogen) atoms. The van der Waals surface area contributed by atoms with Crippen LogP contribution >= 0.6 is 0 Å². The van der Waals surface area contributed by atoms with Crippen molar-refractivity contribution >= 4 is 28.5 Å². The Bertz CT molecular complexity index is 1010. The number of rotatable bonds is 5. The lowest BCUT2D eigenvalue weighted by molar-refractivity contribution is -0.152. The summed E-state index contributed by atoms with van der Waals surface area (Å²) >= 11 is 0. The zero-order valence-electron chi connectivity index (χ0n) is 14.2. The van der Waals surface area contributed by atoms with Gasteiger partial charge in [-0.1, -0.05) is 0 Å². The van der Waals surface area contributed by atoms with E-state index in [1.165, 1.54) is 31.4 Å². The van der Waals surface area contributed by atoms with Crippen molar-refractivity contribution in [3.8, 4) is 5.75 Å². The molecule has 1 amide bonds. The normalized spacial score (nSPS) is 12.0. The molecule has 6 nitrogen and oxygen atoms in total. The molecule has 0 radical (unpaired) electrons. The maximum Gasteiger partial charge on any atom is 0.311 e. The van der Waals surface area contributed by atoms with E-state index in [9.17, 15) is 23.5 Å². The molecule has 0 fully saturated rings. The Morgan fingerprint density at radius 3 is 2.70 bits per heavy atom. The smallest absolute Gasteiger partial charge is 0.311 e. The largest absolute Gasteiger partial charge is 0.508 e. The lowest BCUT2D eigenvalue weighted by Gasteiger charge is -2.13. The van der Waals surface area contributed by atoms with Crippen molar-refractivity contribution in [1.82, 2.24) is 0 Å². The number of benzene rings is 2. The zero-order chi connectivity index (χ0) is 19.6. The summed E-state index contributed by atoms with van der Waals surface area (Å²) < 4.78 is 36.4. The molecule has 8 heteroatoms. The van der Waals surface area contributed by atoms with Crippen molar-refractivity contribution in [1.29, 1.82) is 0 Å². The Balaban J connectivity index is 1.60. The number of hydrogen-bond donors (Lipinski definition) is 2. The van der Waals surface area contributed by atoms with Gasteiger partial charge >= 0.3 is 5.97 Å². The Labute approximate surface area is 152 Å². The van der Waals surface area contributed by atoms with Gasteiger partial charge in [-0.25, -0.2) is 8.78 Å². The second-order valence-corrected chi connectivity index (χ2v) is 5.87. The fourth-order valence-electron chi connectivity index (χ4n) is 2.47. The number of halogens is 2. The fourth-order valence-corrected chi connectivity index (χ4v) is 2.47. The van der Waals surface area contributed by atoms with Gasteiger partial charge in [-0.2, -0.15) is 0 Å². The fraction of sp³-hybridized carbons (Fsp3) is 0.158. The second-order valence-electron chi connectivity index (χ2n) is 5.87. The molecule has 0 saturated heterocycles. The molecule has 0 spiro atoms. The number of hydrogen-bond acceptors (Lipinski definition) is 5. The summed E-state index contributed by atoms with van der Waals surface area (Å²) in [6, 6.07) is 7.39. The summed E-state index contributed by atoms with van der Waals surface area (Å²) in [6.07, 6.45) is 0.0886. The summed E-state index contributed by atoms with van der Waals surface area (Å²) in [4.78, 5) is 24.1. The molecule has 140 valence electrons. The Hall–Kier alpha value is -3.42. The second kappa shape index (κ2) is 7.45. The number of carbonyl (C=O) groups is 2. The maximum absolute atomic E-state index is 13.2. The van der Waals surface area contributed by atoms with Crippen LogP contribution in [0.3, 0.4) is 0 Å². The highest BCUT2D eigenvalue weighted by Gasteiger charge is 2.20. The van der Waals surface area contributed by atoms with E-state index < -0.39 is 29.6 Å². The van der Waals surface area contributed by atoms with Gasteiger partial charge in [0.25, 0.3) is 5.91 Å². The van der Waals surface area contributed by atoms with E-state index in [1.807, 2.05) is 0 Å². The van der Waals surface area contributed by atoms with Crippen molar-refractivity contribution in [3.63, 3.8) is 0 Å². The van der Waals surface area contributed by atoms with Gasteiger partial charge in [0.2, 0.25) is 0 Å². The minimum absolute atomic E-state index is 0.0356. The highest BCUT2D eigenvalue weighted by atomic mass is 19.2. The van der Waals surface area contributed by atoms with E-state index in [0.717, 1.165) is 12.1 Å². The Kier molecular flexibility index (Phi) is 5.07. The van der Waals surface area contributed by atoms with E-state index in [1.54, 1.807) is 6.07 Å². The molecule has 2 aromatic carbocycles. The van der Waals surface area contributed by atoms with Crippen molar-refractivity contribution in [2.75, 3.05) is 5.32 Å². The molecule has 2 N–H and O–H groups in total. The lowest BCUT2D eigenvalue weighted by atomic mass is 10.1. The third-order valence-corrected chi connectivity index (χ3v) is 3.84. The average Bonchev–Trinajstić information content (AvgIpc) is 2.99. The number of ether oxygens (including phenoxy) is 1. The summed E-state index contributed by atoms with van der Waals surface area (Å²) in [5.74, 6) is -3.45. The highest BCUT2D eigenvalue weighted by Crippen LogP contribution is 2.25. The van der Waals surface area contributed by atoms with Gasteiger partial charge in [0.15, 0.2) is 17.7 Å². The van der Waals surface area contributed by atoms with Crippen molar-refractivity contribution in [2.45, 2.75) is 19.4 Å². The van der Waals surface area contributed by atoms with Crippen LogP contribution in [-0.2, 0) is 20.7 Å². The molecule has 0 saturated carbocycles. The molecule has 0 aliphatic heterocycles. The average molecular weight is 375 g/mol. The number of amides is 1. The van der Waals surface area contributed by atoms with Gasteiger partial charge in [-0.15, -0.1) is 0 Å². The van der Waals surface area contributed by atoms with Crippen LogP contribution in [0.15, 0.2) is 47.1 Å². The quantitative estimate of drug-likeness (QED) is 0.666. The van der Waals surface area contributed by atoms with E-state index in [-0.39, 0.29) is 17.9 Å². The third-order valence-electron chi connectivity index (χ3n) is 3.84. The number of aromatic hydroxyl groups is 1. The van der Waals surface area contributed by atoms with Crippen molar-refractivity contribution < 1.29 is 32.6 Å². The molecular weight excluding hydrogens is 360 g/mol. The summed E-state index contributed by atoms with van der Waals surface area (Å²) in [5, 5.41) is 12.4. The van der Waals surface area contributed by atoms with Crippen LogP contribution in [0, 0.1) is 11.6 Å². The molecule has 3 aromatic rings. The number of carbonyl (C=O) groups excluding carboxylic acids is 2. The van der Waals surface area contributed by atoms with Crippen molar-refractivity contribution in [2.24, 2.45) is 0 Å². The van der Waals surface area contributed by atoms with Crippen molar-refractivity contribution in [3.05, 3.63) is 59.9 Å². The lowest BCUT2D eigenvalue weighted by Crippen LogP contribution is -2.30. The van der Waals surface area contributed by atoms with Crippen LogP contribution in [0.4, 0.5) is 14.5 Å². The van der Waals surface area contributed by atoms with Gasteiger partial charge in [-0.05, 0) is 31.2 Å². The van der Waals surface area contributed by atoms with Crippen LogP contribution in [0.5, 0.6) is 5.75 Å². The molecule has 1 heterocycles. The molecule has 0 unspecified atom stereocenters. The highest BCUT2D eigenvalue weighted by molar-refractivity contribution is 5.95. The van der Waals surface area contributed by atoms with Gasteiger partial charge in [-0.3, -0.25) is 9.59 Å². The molecule has 1 atom stereocenters. The van der Waals surface area contributed by atoms with E-state index in [4.69, 9.17) is 9.15 Å². The molecule has 0 bridgehead atoms. The minimum Gasteiger partial charge on any atom is -0.508 e. The molecular formula is C19H15F2NO5. The van der Waals surface area contributed by atoms with Gasteiger partial charge in [0.05, 0.1) is 12.7 Å². The number of phenolic OH excluding ortho intramolecular Hbond substituents is 1. The topological polar surface area (TPSA) is 88.8 Å². The minimum atomic E-state index is -1.15. The van der Waals surface area contributed by atoms with E-state index in [2.05, 4.69) is 5.32 Å². The first-order chi connectivity index (χ1) is 12.8. The number of furan rings is 1. The monoisotopic (exact) mass is 375 g/mol. The number of nitrogens with one attached hydrogen (secondary N) is 1. The van der Waals surface area contributed by atoms with Gasteiger partial charge in [0.1, 0.15) is 11.3 Å². The standard InChI is InChI=1S/C19H15F2NO5/c1-10(19(25)22-12-2-5-15(20)16(21)7-12)27-18(24)6-11-9-26-17-8-13(23)3-4-14(11)17/h2-5,7-10,23H,6H2,1H3,(H,22,25)/t10-/m1/s1. The predicted octanol–water partition coefficient (Wildman–Crippen LogP) is 3.53. The predicted molar refractivity (Wildman–Crippen MR) is 92.1 cm³/mol. The van der Waals surface area contributed by atoms with Crippen LogP contribution in [0.25, 0.3) is 11.0 Å². The van der Waals surface area contributed by atoms with Crippen LogP contribution in [0.2, 0.25) is 0 Å². The third kappa shape index (κ3) is 4.22. The van der Waals surface area contributed by atoms with E-state index >= 15 is 0 Å². The molecule has 3 rings (SSSR count). The number of fused-ring (bicyclic) bond motifs is 1. The molecule has 1 aromatic heterocycles. The SMILES string of the molecule is C[C@@H](OC(=O)Cc1coc2cc(O)ccc12)C(=O)Nc1ccc(F)c(F)c1. The van der Waals surface area contributed by atoms with Crippen LogP contribution in [0.1, 0.15) is 12.5 Å². The van der Waals surface area contributed by atoms with E-state index in [0.29, 0.717) is 16.5 Å². The first-order valence-corrected chi connectivity index (χ1v) is 7.98. The number of phenols is 1. The Morgan fingerprint density at radius 2 is 1.96 bits per heavy atom. The first kappa shape index (κ1) is 18.4. The van der Waals surface area contributed by atoms with Crippen LogP contribution in [-0.4, -0.2) is 23.1 Å². The summed E-state index contributed by atoms with van der Waals surface area (Å²) in [7, 11) is 0. The van der Waals surface area contributed by atoms with Gasteiger partial charge in [0, 0.05) is 28.8 Å². The zero-order valence-corrected chi connectivity index (χ0v) is 14.2. The number of anilines is 1. The Morgan fingerprint density at radius 1 is 1.19 bits per heavy atom. The summed E-state index contributed by atoms with van der Waals surface area (Å²) in [6.45, 7) is 1.36. The first-order valence-electron chi connectivity index (χ1n) is 7.98. The molecule has 0 aliphatic rings. The number of esters is 1. The summed E-state index contributed by atoms with van der Waals surface area (Å²) in [5.41, 5.74) is 1.01. The van der Waals surface area contributed by atoms with Crippen LogP contribution < -0.4 is 5.32 Å². The molecule has 0 aliphatic carbocycles. The maximum atomic E-state index is 13.2.